The number of aromatic nitrogens is 4. The summed E-state index contributed by atoms with van der Waals surface area (Å²) >= 11 is 0. The number of hydrogen-bond acceptors (Lipinski definition) is 7. The summed E-state index contributed by atoms with van der Waals surface area (Å²) in [5.74, 6) is -0.748. The molecule has 0 unspecified atom stereocenters. The van der Waals surface area contributed by atoms with Crippen molar-refractivity contribution in [3.05, 3.63) is 58.1 Å². The van der Waals surface area contributed by atoms with Gasteiger partial charge in [-0.25, -0.2) is 0 Å². The smallest absolute Gasteiger partial charge is 0.320 e. The van der Waals surface area contributed by atoms with Crippen LogP contribution in [0.25, 0.3) is 0 Å². The molecule has 3 rings (SSSR count). The second-order valence-electron chi connectivity index (χ2n) is 5.73. The minimum atomic E-state index is -0.765. The van der Waals surface area contributed by atoms with Crippen LogP contribution in [0.2, 0.25) is 0 Å². The maximum absolute atomic E-state index is 12.6. The molecule has 0 spiro atoms. The molecule has 2 N–H and O–H groups in total. The summed E-state index contributed by atoms with van der Waals surface area (Å²) in [7, 11) is 1.58. The molecular formula is C16H17N7O5. The van der Waals surface area contributed by atoms with Crippen LogP contribution in [0.15, 0.2) is 35.2 Å². The van der Waals surface area contributed by atoms with Gasteiger partial charge in [0, 0.05) is 19.8 Å². The standard InChI is InChI=1S/C16H17N7O5/c1-3-22-14(12(8-18-22)23(26)27)16(25)19-11-9-21(2)20-13(11)15(24)17-7-10-5-4-6-28-10/h4-6,8-9H,3,7H2,1-2H3,(H,17,24)(H,19,25). The Morgan fingerprint density at radius 1 is 1.36 bits per heavy atom. The molecule has 3 aromatic heterocycles. The first-order chi connectivity index (χ1) is 13.4. The van der Waals surface area contributed by atoms with Crippen molar-refractivity contribution in [1.29, 1.82) is 0 Å². The third kappa shape index (κ3) is 3.75. The molecule has 12 nitrogen and oxygen atoms in total. The van der Waals surface area contributed by atoms with Gasteiger partial charge in [-0.15, -0.1) is 0 Å². The van der Waals surface area contributed by atoms with Gasteiger partial charge < -0.3 is 15.1 Å². The summed E-state index contributed by atoms with van der Waals surface area (Å²) in [5, 5.41) is 24.2. The van der Waals surface area contributed by atoms with Gasteiger partial charge in [0.2, 0.25) is 5.69 Å². The van der Waals surface area contributed by atoms with Gasteiger partial charge >= 0.3 is 5.69 Å². The lowest BCUT2D eigenvalue weighted by atomic mass is 10.3. The summed E-state index contributed by atoms with van der Waals surface area (Å²) < 4.78 is 7.71. The van der Waals surface area contributed by atoms with E-state index in [-0.39, 0.29) is 30.2 Å². The normalized spacial score (nSPS) is 10.6. The molecule has 0 aliphatic heterocycles. The number of nitro groups is 1. The molecule has 3 heterocycles. The highest BCUT2D eigenvalue weighted by atomic mass is 16.6. The molecule has 0 radical (unpaired) electrons. The van der Waals surface area contributed by atoms with Crippen molar-refractivity contribution >= 4 is 23.2 Å². The van der Waals surface area contributed by atoms with Crippen LogP contribution in [-0.2, 0) is 20.1 Å². The fourth-order valence-corrected chi connectivity index (χ4v) is 2.58. The monoisotopic (exact) mass is 387 g/mol. The molecule has 12 heteroatoms. The van der Waals surface area contributed by atoms with E-state index in [1.807, 2.05) is 0 Å². The van der Waals surface area contributed by atoms with E-state index >= 15 is 0 Å². The molecule has 0 atom stereocenters. The predicted octanol–water partition coefficient (Wildman–Crippen LogP) is 1.32. The average molecular weight is 387 g/mol. The van der Waals surface area contributed by atoms with Crippen LogP contribution in [0.5, 0.6) is 0 Å². The van der Waals surface area contributed by atoms with E-state index in [1.165, 1.54) is 21.8 Å². The Labute approximate surface area is 158 Å². The lowest BCUT2D eigenvalue weighted by Crippen LogP contribution is -2.25. The van der Waals surface area contributed by atoms with Crippen LogP contribution in [-0.4, -0.2) is 36.3 Å². The van der Waals surface area contributed by atoms with Gasteiger partial charge in [-0.05, 0) is 19.1 Å². The number of amides is 2. The molecule has 0 saturated carbocycles. The van der Waals surface area contributed by atoms with Crippen LogP contribution < -0.4 is 10.6 Å². The lowest BCUT2D eigenvalue weighted by Gasteiger charge is -2.07. The van der Waals surface area contributed by atoms with Gasteiger partial charge in [-0.1, -0.05) is 0 Å². The third-order valence-corrected chi connectivity index (χ3v) is 3.83. The van der Waals surface area contributed by atoms with E-state index < -0.39 is 22.4 Å². The Hall–Kier alpha value is -3.96. The van der Waals surface area contributed by atoms with Crippen molar-refractivity contribution < 1.29 is 18.9 Å². The fourth-order valence-electron chi connectivity index (χ4n) is 2.58. The molecule has 0 aliphatic rings. The van der Waals surface area contributed by atoms with Gasteiger partial charge in [0.15, 0.2) is 5.69 Å². The average Bonchev–Trinajstić information content (AvgIpc) is 3.38. The zero-order valence-corrected chi connectivity index (χ0v) is 15.1. The maximum Gasteiger partial charge on any atom is 0.320 e. The van der Waals surface area contributed by atoms with Crippen LogP contribution in [0.4, 0.5) is 11.4 Å². The molecule has 0 saturated heterocycles. The Bertz CT molecular complexity index is 1020. The fraction of sp³-hybridized carbons (Fsp3) is 0.250. The van der Waals surface area contributed by atoms with E-state index in [4.69, 9.17) is 4.42 Å². The van der Waals surface area contributed by atoms with Crippen molar-refractivity contribution in [3.63, 3.8) is 0 Å². The molecular weight excluding hydrogens is 370 g/mol. The number of nitrogens with one attached hydrogen (secondary N) is 2. The summed E-state index contributed by atoms with van der Waals surface area (Å²) in [6.07, 6.45) is 3.93. The Kier molecular flexibility index (Phi) is 5.20. The SMILES string of the molecule is CCn1ncc([N+](=O)[O-])c1C(=O)Nc1cn(C)nc1C(=O)NCc1ccco1. The zero-order chi connectivity index (χ0) is 20.3. The zero-order valence-electron chi connectivity index (χ0n) is 15.1. The minimum absolute atomic E-state index is 0.0346. The number of rotatable bonds is 7. The highest BCUT2D eigenvalue weighted by molar-refractivity contribution is 6.09. The predicted molar refractivity (Wildman–Crippen MR) is 95.6 cm³/mol. The molecule has 3 aromatic rings. The van der Waals surface area contributed by atoms with Crippen LogP contribution >= 0.6 is 0 Å². The first-order valence-corrected chi connectivity index (χ1v) is 8.26. The number of carbonyl (C=O) groups excluding carboxylic acids is 2. The van der Waals surface area contributed by atoms with Crippen LogP contribution in [0.1, 0.15) is 33.7 Å². The molecule has 0 aliphatic carbocycles. The summed E-state index contributed by atoms with van der Waals surface area (Å²) in [6.45, 7) is 2.11. The summed E-state index contributed by atoms with van der Waals surface area (Å²) in [4.78, 5) is 35.6. The van der Waals surface area contributed by atoms with E-state index in [0.717, 1.165) is 6.20 Å². The topological polar surface area (TPSA) is 150 Å². The number of carbonyl (C=O) groups is 2. The highest BCUT2D eigenvalue weighted by Crippen LogP contribution is 2.21. The van der Waals surface area contributed by atoms with E-state index in [0.29, 0.717) is 5.76 Å². The quantitative estimate of drug-likeness (QED) is 0.458. The van der Waals surface area contributed by atoms with Crippen LogP contribution in [0.3, 0.4) is 0 Å². The Balaban J connectivity index is 1.81. The van der Waals surface area contributed by atoms with E-state index in [2.05, 4.69) is 20.8 Å². The van der Waals surface area contributed by atoms with Gasteiger partial charge in [-0.3, -0.25) is 29.1 Å². The third-order valence-electron chi connectivity index (χ3n) is 3.83. The van der Waals surface area contributed by atoms with Gasteiger partial charge in [-0.2, -0.15) is 10.2 Å². The number of furan rings is 1. The van der Waals surface area contributed by atoms with Crippen molar-refractivity contribution in [2.24, 2.45) is 7.05 Å². The lowest BCUT2D eigenvalue weighted by molar-refractivity contribution is -0.385. The number of aryl methyl sites for hydroxylation is 2. The number of anilines is 1. The van der Waals surface area contributed by atoms with Gasteiger partial charge in [0.25, 0.3) is 11.8 Å². The van der Waals surface area contributed by atoms with Crippen molar-refractivity contribution in [3.8, 4) is 0 Å². The summed E-state index contributed by atoms with van der Waals surface area (Å²) in [6, 6.07) is 3.39. The molecule has 0 bridgehead atoms. The first-order valence-electron chi connectivity index (χ1n) is 8.26. The molecule has 0 fully saturated rings. The molecule has 0 aromatic carbocycles. The van der Waals surface area contributed by atoms with Gasteiger partial charge in [0.1, 0.15) is 12.0 Å². The maximum atomic E-state index is 12.6. The second-order valence-corrected chi connectivity index (χ2v) is 5.73. The highest BCUT2D eigenvalue weighted by Gasteiger charge is 2.28. The molecule has 2 amide bonds. The molecule has 28 heavy (non-hydrogen) atoms. The minimum Gasteiger partial charge on any atom is -0.467 e. The number of hydrogen-bond donors (Lipinski definition) is 2. The van der Waals surface area contributed by atoms with Crippen LogP contribution in [0, 0.1) is 10.1 Å². The first kappa shape index (κ1) is 18.8. The largest absolute Gasteiger partial charge is 0.467 e. The van der Waals surface area contributed by atoms with Crippen molar-refractivity contribution in [1.82, 2.24) is 24.9 Å². The molecule has 146 valence electrons. The van der Waals surface area contributed by atoms with E-state index in [9.17, 15) is 19.7 Å². The van der Waals surface area contributed by atoms with Crippen molar-refractivity contribution in [2.75, 3.05) is 5.32 Å². The number of nitrogens with zero attached hydrogens (tertiary/aromatic N) is 5. The second kappa shape index (κ2) is 7.73. The van der Waals surface area contributed by atoms with Crippen molar-refractivity contribution in [2.45, 2.75) is 20.0 Å². The van der Waals surface area contributed by atoms with Gasteiger partial charge in [0.05, 0.1) is 23.4 Å². The Morgan fingerprint density at radius 2 is 2.14 bits per heavy atom. The Morgan fingerprint density at radius 3 is 2.79 bits per heavy atom. The summed E-state index contributed by atoms with van der Waals surface area (Å²) in [5.41, 5.74) is -0.555. The van der Waals surface area contributed by atoms with E-state index in [1.54, 1.807) is 26.1 Å².